The Bertz CT molecular complexity index is 1030. The molecule has 2 heterocycles. The van der Waals surface area contributed by atoms with Gasteiger partial charge in [-0.15, -0.1) is 22.7 Å². The molecule has 5 heteroatoms. The summed E-state index contributed by atoms with van der Waals surface area (Å²) in [4.78, 5) is 24.5. The van der Waals surface area contributed by atoms with Gasteiger partial charge in [0.15, 0.2) is 10.9 Å². The van der Waals surface area contributed by atoms with Gasteiger partial charge in [-0.3, -0.25) is 9.59 Å². The molecule has 0 fully saturated rings. The van der Waals surface area contributed by atoms with E-state index in [0.717, 1.165) is 9.40 Å². The highest BCUT2D eigenvalue weighted by Gasteiger charge is 2.18. The average Bonchev–Trinajstić information content (AvgIpc) is 2.96. The van der Waals surface area contributed by atoms with Crippen LogP contribution in [0.1, 0.15) is 0 Å². The Kier molecular flexibility index (Phi) is 1.51. The van der Waals surface area contributed by atoms with Gasteiger partial charge in [-0.1, -0.05) is 0 Å². The number of nitrogen functional groups attached to an aromatic ring is 1. The van der Waals surface area contributed by atoms with Crippen LogP contribution in [0.15, 0.2) is 27.1 Å². The van der Waals surface area contributed by atoms with Crippen LogP contribution >= 0.6 is 22.7 Å². The molecule has 2 aliphatic carbocycles. The van der Waals surface area contributed by atoms with Crippen molar-refractivity contribution in [3.05, 3.63) is 48.4 Å². The van der Waals surface area contributed by atoms with Gasteiger partial charge in [0.2, 0.25) is 0 Å². The van der Waals surface area contributed by atoms with E-state index in [2.05, 4.69) is 0 Å². The highest BCUT2D eigenvalue weighted by atomic mass is 32.1. The zero-order valence-electron chi connectivity index (χ0n) is 8.44. The van der Waals surface area contributed by atoms with Crippen molar-refractivity contribution < 1.29 is 0 Å². The maximum absolute atomic E-state index is 12.2. The average molecular weight is 259 g/mol. The molecule has 2 N–H and O–H groups in total. The van der Waals surface area contributed by atoms with Crippen LogP contribution in [-0.2, 0) is 0 Å². The molecule has 2 aromatic rings. The van der Waals surface area contributed by atoms with Crippen molar-refractivity contribution >= 4 is 47.8 Å². The quantitative estimate of drug-likeness (QED) is 0.525. The van der Waals surface area contributed by atoms with Gasteiger partial charge in [0, 0.05) is 10.8 Å². The van der Waals surface area contributed by atoms with Crippen LogP contribution in [0.25, 0.3) is 20.2 Å². The molecule has 82 valence electrons. The number of thiophene rings is 2. The molecule has 0 bridgehead atoms. The molecule has 0 unspecified atom stereocenters. The molecule has 0 saturated heterocycles. The summed E-state index contributed by atoms with van der Waals surface area (Å²) in [5, 5.41) is 4.82. The van der Waals surface area contributed by atoms with Gasteiger partial charge in [0.05, 0.1) is 24.8 Å². The fourth-order valence-corrected chi connectivity index (χ4v) is 4.29. The molecule has 2 aromatic heterocycles. The first-order valence-corrected chi connectivity index (χ1v) is 6.69. The molecule has 3 nitrogen and oxygen atoms in total. The zero-order chi connectivity index (χ0) is 11.7. The SMILES string of the molecule is Nc1cc2c(=O)c3c4sccc4c(=O)c=3c2s1. The van der Waals surface area contributed by atoms with E-state index in [1.807, 2.05) is 5.38 Å². The second-order valence-electron chi connectivity index (χ2n) is 3.96. The summed E-state index contributed by atoms with van der Waals surface area (Å²) in [6.45, 7) is 0. The molecule has 0 atom stereocenters. The number of hydrogen-bond donors (Lipinski definition) is 1. The summed E-state index contributed by atoms with van der Waals surface area (Å²) in [6.07, 6.45) is 0. The number of anilines is 1. The van der Waals surface area contributed by atoms with Gasteiger partial charge < -0.3 is 5.73 Å². The minimum absolute atomic E-state index is 0.0369. The lowest BCUT2D eigenvalue weighted by molar-refractivity contribution is 1.63. The topological polar surface area (TPSA) is 60.2 Å². The molecule has 0 amide bonds. The van der Waals surface area contributed by atoms with Crippen molar-refractivity contribution in [3.8, 4) is 0 Å². The summed E-state index contributed by atoms with van der Waals surface area (Å²) in [7, 11) is 0. The van der Waals surface area contributed by atoms with Crippen LogP contribution in [0, 0.1) is 10.4 Å². The Hall–Kier alpha value is -1.72. The van der Waals surface area contributed by atoms with E-state index < -0.39 is 0 Å². The first kappa shape index (κ1) is 9.32. The normalized spacial score (nSPS) is 12.2. The van der Waals surface area contributed by atoms with Crippen molar-refractivity contribution in [1.82, 2.24) is 0 Å². The van der Waals surface area contributed by atoms with Crippen LogP contribution < -0.4 is 16.6 Å². The Morgan fingerprint density at radius 2 is 1.71 bits per heavy atom. The summed E-state index contributed by atoms with van der Waals surface area (Å²) in [5.74, 6) is 0. The van der Waals surface area contributed by atoms with Gasteiger partial charge in [-0.05, 0) is 17.5 Å². The molecule has 2 aliphatic rings. The smallest absolute Gasteiger partial charge is 0.196 e. The number of hydrogen-bond acceptors (Lipinski definition) is 5. The molecule has 0 spiro atoms. The van der Waals surface area contributed by atoms with Crippen LogP contribution in [0.5, 0.6) is 0 Å². The molecular formula is C12H5NO2S2. The largest absolute Gasteiger partial charge is 0.391 e. The van der Waals surface area contributed by atoms with Gasteiger partial charge in [0.1, 0.15) is 0 Å². The van der Waals surface area contributed by atoms with E-state index in [0.29, 0.717) is 26.2 Å². The van der Waals surface area contributed by atoms with Gasteiger partial charge in [0.25, 0.3) is 0 Å². The van der Waals surface area contributed by atoms with Crippen molar-refractivity contribution in [2.75, 3.05) is 5.73 Å². The fourth-order valence-electron chi connectivity index (χ4n) is 2.38. The second-order valence-corrected chi connectivity index (χ2v) is 5.96. The van der Waals surface area contributed by atoms with Crippen molar-refractivity contribution in [1.29, 1.82) is 0 Å². The van der Waals surface area contributed by atoms with Crippen LogP contribution in [-0.4, -0.2) is 0 Å². The molecule has 0 aliphatic heterocycles. The number of fused-ring (bicyclic) bond motifs is 4. The van der Waals surface area contributed by atoms with Crippen LogP contribution in [0.3, 0.4) is 0 Å². The summed E-state index contributed by atoms with van der Waals surface area (Å²) < 4.78 is 1.56. The Balaban J connectivity index is 2.58. The lowest BCUT2D eigenvalue weighted by Crippen LogP contribution is -1.95. The molecule has 17 heavy (non-hydrogen) atoms. The second kappa shape index (κ2) is 2.75. The first-order valence-electron chi connectivity index (χ1n) is 4.99. The predicted molar refractivity (Wildman–Crippen MR) is 71.8 cm³/mol. The standard InChI is InChI=1S/C12H5NO2S2/c13-6-3-5-10(15)7-8(12(5)17-6)9(14)4-1-2-16-11(4)7/h1-3H,13H2. The minimum Gasteiger partial charge on any atom is -0.391 e. The van der Waals surface area contributed by atoms with Crippen molar-refractivity contribution in [2.45, 2.75) is 0 Å². The van der Waals surface area contributed by atoms with E-state index in [1.54, 1.807) is 12.1 Å². The van der Waals surface area contributed by atoms with Gasteiger partial charge in [-0.25, -0.2) is 0 Å². The van der Waals surface area contributed by atoms with Gasteiger partial charge in [-0.2, -0.15) is 0 Å². The maximum Gasteiger partial charge on any atom is 0.196 e. The van der Waals surface area contributed by atoms with Gasteiger partial charge >= 0.3 is 0 Å². The molecule has 0 aromatic carbocycles. The third-order valence-corrected chi connectivity index (χ3v) is 4.98. The first-order chi connectivity index (χ1) is 8.18. The highest BCUT2D eigenvalue weighted by Crippen LogP contribution is 2.30. The third kappa shape index (κ3) is 0.924. The fraction of sp³-hybridized carbons (Fsp3) is 0. The third-order valence-electron chi connectivity index (χ3n) is 3.06. The lowest BCUT2D eigenvalue weighted by Gasteiger charge is -1.75. The number of rotatable bonds is 0. The Morgan fingerprint density at radius 3 is 2.53 bits per heavy atom. The highest BCUT2D eigenvalue weighted by molar-refractivity contribution is 7.22. The monoisotopic (exact) mass is 259 g/mol. The Morgan fingerprint density at radius 1 is 1.00 bits per heavy atom. The van der Waals surface area contributed by atoms with Crippen molar-refractivity contribution in [2.24, 2.45) is 0 Å². The zero-order valence-corrected chi connectivity index (χ0v) is 10.1. The van der Waals surface area contributed by atoms with E-state index in [9.17, 15) is 9.59 Å². The molecule has 4 rings (SSSR count). The van der Waals surface area contributed by atoms with Crippen LogP contribution in [0.4, 0.5) is 5.00 Å². The van der Waals surface area contributed by atoms with E-state index in [-0.39, 0.29) is 10.9 Å². The molecule has 0 radical (unpaired) electrons. The summed E-state index contributed by atoms with van der Waals surface area (Å²) in [5.41, 5.74) is 5.60. The number of nitrogens with two attached hydrogens (primary N) is 1. The maximum atomic E-state index is 12.2. The lowest BCUT2D eigenvalue weighted by atomic mass is 10.3. The Labute approximate surface area is 102 Å². The molecular weight excluding hydrogens is 254 g/mol. The van der Waals surface area contributed by atoms with Crippen LogP contribution in [0.2, 0.25) is 0 Å². The predicted octanol–water partition coefficient (Wildman–Crippen LogP) is 2.02. The van der Waals surface area contributed by atoms with E-state index >= 15 is 0 Å². The van der Waals surface area contributed by atoms with E-state index in [4.69, 9.17) is 5.73 Å². The summed E-state index contributed by atoms with van der Waals surface area (Å²) in [6, 6.07) is 3.45. The minimum atomic E-state index is -0.0579. The molecule has 0 saturated carbocycles. The van der Waals surface area contributed by atoms with E-state index in [1.165, 1.54) is 22.7 Å². The summed E-state index contributed by atoms with van der Waals surface area (Å²) >= 11 is 2.77. The van der Waals surface area contributed by atoms with Crippen molar-refractivity contribution in [3.63, 3.8) is 0 Å².